The van der Waals surface area contributed by atoms with Gasteiger partial charge in [0.05, 0.1) is 28.9 Å². The number of fused-ring (bicyclic) bond motifs is 3. The third-order valence-corrected chi connectivity index (χ3v) is 5.27. The Morgan fingerprint density at radius 1 is 1.23 bits per heavy atom. The molecule has 1 aromatic carbocycles. The Bertz CT molecular complexity index is 1230. The second-order valence-electron chi connectivity index (χ2n) is 7.98. The SMILES string of the molecule is CCOC(=O)C1=CN(C(=O)c2ccc(F)c(F)c2)CC(C)(C)c2c1[nH]c1cccnc21. The van der Waals surface area contributed by atoms with Crippen LogP contribution in [0.4, 0.5) is 8.78 Å². The van der Waals surface area contributed by atoms with Gasteiger partial charge in [-0.1, -0.05) is 13.8 Å². The van der Waals surface area contributed by atoms with Crippen molar-refractivity contribution in [2.24, 2.45) is 0 Å². The third-order valence-electron chi connectivity index (χ3n) is 5.27. The molecule has 4 rings (SSSR count). The smallest absolute Gasteiger partial charge is 0.341 e. The number of nitrogens with zero attached hydrogens (tertiary/aromatic N) is 2. The zero-order valence-electron chi connectivity index (χ0n) is 17.3. The van der Waals surface area contributed by atoms with Crippen molar-refractivity contribution in [2.75, 3.05) is 13.2 Å². The number of carbonyl (C=O) groups excluding carboxylic acids is 2. The zero-order valence-corrected chi connectivity index (χ0v) is 17.3. The molecule has 0 aliphatic carbocycles. The number of hydrogen-bond acceptors (Lipinski definition) is 4. The highest BCUT2D eigenvalue weighted by molar-refractivity contribution is 6.18. The van der Waals surface area contributed by atoms with E-state index in [0.717, 1.165) is 23.2 Å². The molecule has 0 unspecified atom stereocenters. The fourth-order valence-electron chi connectivity index (χ4n) is 3.94. The molecule has 8 heteroatoms. The van der Waals surface area contributed by atoms with Crippen LogP contribution in [0.3, 0.4) is 0 Å². The minimum absolute atomic E-state index is 0.0253. The van der Waals surface area contributed by atoms with Crippen LogP contribution in [-0.2, 0) is 14.9 Å². The third kappa shape index (κ3) is 3.58. The summed E-state index contributed by atoms with van der Waals surface area (Å²) in [4.78, 5) is 35.1. The Balaban J connectivity index is 1.89. The molecule has 0 atom stereocenters. The van der Waals surface area contributed by atoms with Crippen molar-refractivity contribution in [1.82, 2.24) is 14.9 Å². The molecule has 3 heterocycles. The summed E-state index contributed by atoms with van der Waals surface area (Å²) in [5, 5.41) is 0. The number of ether oxygens (including phenoxy) is 1. The van der Waals surface area contributed by atoms with E-state index in [1.807, 2.05) is 19.9 Å². The second-order valence-corrected chi connectivity index (χ2v) is 7.98. The van der Waals surface area contributed by atoms with Gasteiger partial charge in [0.1, 0.15) is 0 Å². The van der Waals surface area contributed by atoms with Crippen molar-refractivity contribution in [1.29, 1.82) is 0 Å². The number of benzene rings is 1. The van der Waals surface area contributed by atoms with E-state index in [0.29, 0.717) is 11.2 Å². The summed E-state index contributed by atoms with van der Waals surface area (Å²) in [6, 6.07) is 6.62. The summed E-state index contributed by atoms with van der Waals surface area (Å²) >= 11 is 0. The van der Waals surface area contributed by atoms with Gasteiger partial charge in [0.2, 0.25) is 0 Å². The molecule has 1 aliphatic heterocycles. The number of halogens is 2. The predicted octanol–water partition coefficient (Wildman–Crippen LogP) is 4.18. The van der Waals surface area contributed by atoms with Crippen LogP contribution in [0.25, 0.3) is 16.6 Å². The van der Waals surface area contributed by atoms with Crippen LogP contribution < -0.4 is 0 Å². The van der Waals surface area contributed by atoms with Gasteiger partial charge >= 0.3 is 5.97 Å². The van der Waals surface area contributed by atoms with Crippen molar-refractivity contribution in [3.05, 3.63) is 71.2 Å². The van der Waals surface area contributed by atoms with E-state index < -0.39 is 28.9 Å². The van der Waals surface area contributed by atoms with Gasteiger partial charge in [-0.15, -0.1) is 0 Å². The van der Waals surface area contributed by atoms with Gasteiger partial charge in [-0.05, 0) is 37.3 Å². The first kappa shape index (κ1) is 20.7. The monoisotopic (exact) mass is 425 g/mol. The highest BCUT2D eigenvalue weighted by Gasteiger charge is 2.38. The number of aromatic nitrogens is 2. The lowest BCUT2D eigenvalue weighted by Gasteiger charge is -2.29. The highest BCUT2D eigenvalue weighted by Crippen LogP contribution is 2.39. The number of hydrogen-bond donors (Lipinski definition) is 1. The first-order valence-electron chi connectivity index (χ1n) is 9.85. The fourth-order valence-corrected chi connectivity index (χ4v) is 3.94. The van der Waals surface area contributed by atoms with Crippen LogP contribution in [0.5, 0.6) is 0 Å². The summed E-state index contributed by atoms with van der Waals surface area (Å²) in [5.41, 5.74) is 2.27. The molecule has 1 N–H and O–H groups in total. The van der Waals surface area contributed by atoms with E-state index >= 15 is 0 Å². The largest absolute Gasteiger partial charge is 0.462 e. The van der Waals surface area contributed by atoms with Crippen LogP contribution in [0.15, 0.2) is 42.7 Å². The lowest BCUT2D eigenvalue weighted by Crippen LogP contribution is -2.37. The van der Waals surface area contributed by atoms with E-state index in [9.17, 15) is 18.4 Å². The highest BCUT2D eigenvalue weighted by atomic mass is 19.2. The minimum atomic E-state index is -1.12. The van der Waals surface area contributed by atoms with Crippen LogP contribution >= 0.6 is 0 Å². The Labute approximate surface area is 177 Å². The molecular formula is C23H21F2N3O3. The van der Waals surface area contributed by atoms with Gasteiger partial charge in [-0.3, -0.25) is 9.78 Å². The topological polar surface area (TPSA) is 75.3 Å². The minimum Gasteiger partial charge on any atom is -0.462 e. The van der Waals surface area contributed by atoms with Gasteiger partial charge in [0, 0.05) is 35.5 Å². The van der Waals surface area contributed by atoms with Crippen LogP contribution in [0, 0.1) is 11.6 Å². The van der Waals surface area contributed by atoms with Crippen LogP contribution in [-0.4, -0.2) is 39.9 Å². The number of carbonyl (C=O) groups is 2. The Kier molecular flexibility index (Phi) is 5.08. The molecule has 1 amide bonds. The summed E-state index contributed by atoms with van der Waals surface area (Å²) in [6.07, 6.45) is 3.07. The number of nitrogens with one attached hydrogen (secondary N) is 1. The van der Waals surface area contributed by atoms with Crippen molar-refractivity contribution in [3.8, 4) is 0 Å². The first-order chi connectivity index (χ1) is 14.7. The maximum atomic E-state index is 13.7. The average Bonchev–Trinajstić information content (AvgIpc) is 3.07. The Morgan fingerprint density at radius 2 is 2.00 bits per heavy atom. The maximum Gasteiger partial charge on any atom is 0.341 e. The fraction of sp³-hybridized carbons (Fsp3) is 0.261. The van der Waals surface area contributed by atoms with Gasteiger partial charge < -0.3 is 14.6 Å². The predicted molar refractivity (Wildman–Crippen MR) is 111 cm³/mol. The molecule has 1 aliphatic rings. The van der Waals surface area contributed by atoms with Gasteiger partial charge in [0.25, 0.3) is 5.91 Å². The van der Waals surface area contributed by atoms with Gasteiger partial charge in [0.15, 0.2) is 11.6 Å². The molecule has 2 aromatic heterocycles. The van der Waals surface area contributed by atoms with E-state index in [-0.39, 0.29) is 24.3 Å². The summed E-state index contributed by atoms with van der Waals surface area (Å²) in [7, 11) is 0. The second kappa shape index (κ2) is 7.61. The molecule has 31 heavy (non-hydrogen) atoms. The van der Waals surface area contributed by atoms with Crippen molar-refractivity contribution >= 4 is 28.5 Å². The first-order valence-corrected chi connectivity index (χ1v) is 9.85. The summed E-state index contributed by atoms with van der Waals surface area (Å²) in [6.45, 7) is 5.90. The number of H-pyrrole nitrogens is 1. The molecule has 6 nitrogen and oxygen atoms in total. The van der Waals surface area contributed by atoms with E-state index in [1.165, 1.54) is 17.2 Å². The van der Waals surface area contributed by atoms with Gasteiger partial charge in [-0.25, -0.2) is 13.6 Å². The summed E-state index contributed by atoms with van der Waals surface area (Å²) < 4.78 is 32.3. The van der Waals surface area contributed by atoms with Crippen molar-refractivity contribution < 1.29 is 23.1 Å². The van der Waals surface area contributed by atoms with Crippen molar-refractivity contribution in [2.45, 2.75) is 26.2 Å². The Morgan fingerprint density at radius 3 is 2.71 bits per heavy atom. The lowest BCUT2D eigenvalue weighted by atomic mass is 9.83. The Hall–Kier alpha value is -3.55. The number of aromatic amines is 1. The molecule has 0 saturated heterocycles. The number of pyridine rings is 1. The van der Waals surface area contributed by atoms with Crippen molar-refractivity contribution in [3.63, 3.8) is 0 Å². The molecule has 0 bridgehead atoms. The lowest BCUT2D eigenvalue weighted by molar-refractivity contribution is -0.136. The average molecular weight is 425 g/mol. The normalized spacial score (nSPS) is 15.3. The molecule has 0 radical (unpaired) electrons. The molecule has 160 valence electrons. The van der Waals surface area contributed by atoms with Gasteiger partial charge in [-0.2, -0.15) is 0 Å². The zero-order chi connectivity index (χ0) is 22.3. The molecular weight excluding hydrogens is 404 g/mol. The van der Waals surface area contributed by atoms with Crippen LogP contribution in [0.2, 0.25) is 0 Å². The number of amides is 1. The molecule has 0 spiro atoms. The quantitative estimate of drug-likeness (QED) is 0.639. The summed E-state index contributed by atoms with van der Waals surface area (Å²) in [5.74, 6) is -3.31. The standard InChI is InChI=1S/C23H21F2N3O3/c1-4-31-22(30)14-11-28(21(29)13-7-8-15(24)16(25)10-13)12-23(2,3)18-19(14)27-17-6-5-9-26-20(17)18/h5-11,27H,4,12H2,1-3H3. The molecule has 3 aromatic rings. The number of esters is 1. The van der Waals surface area contributed by atoms with E-state index in [1.54, 1.807) is 19.2 Å². The van der Waals surface area contributed by atoms with Crippen LogP contribution in [0.1, 0.15) is 42.4 Å². The van der Waals surface area contributed by atoms with E-state index in [2.05, 4.69) is 9.97 Å². The maximum absolute atomic E-state index is 13.7. The molecule has 0 saturated carbocycles. The molecule has 0 fully saturated rings. The van der Waals surface area contributed by atoms with E-state index in [4.69, 9.17) is 4.74 Å². The number of rotatable bonds is 3.